The predicted octanol–water partition coefficient (Wildman–Crippen LogP) is 4.55. The predicted molar refractivity (Wildman–Crippen MR) is 108 cm³/mol. The van der Waals surface area contributed by atoms with Crippen molar-refractivity contribution in [2.75, 3.05) is 0 Å². The first kappa shape index (κ1) is 19.2. The maximum absolute atomic E-state index is 12.1. The number of hydrogen-bond acceptors (Lipinski definition) is 4. The molecule has 0 atom stereocenters. The van der Waals surface area contributed by atoms with Gasteiger partial charge >= 0.3 is 0 Å². The van der Waals surface area contributed by atoms with Crippen LogP contribution in [0.2, 0.25) is 5.02 Å². The normalized spacial score (nSPS) is 10.4. The Bertz CT molecular complexity index is 1020. The summed E-state index contributed by atoms with van der Waals surface area (Å²) in [5.41, 5.74) is 5.11. The molecule has 6 heteroatoms. The van der Waals surface area contributed by atoms with Crippen LogP contribution >= 0.6 is 11.6 Å². The summed E-state index contributed by atoms with van der Waals surface area (Å²) in [6.45, 7) is 0.389. The molecule has 28 heavy (non-hydrogen) atoms. The third kappa shape index (κ3) is 5.19. The highest BCUT2D eigenvalue weighted by atomic mass is 35.5. The minimum Gasteiger partial charge on any atom is -0.488 e. The summed E-state index contributed by atoms with van der Waals surface area (Å²) in [5, 5.41) is 13.5. The molecule has 5 nitrogen and oxygen atoms in total. The first-order chi connectivity index (χ1) is 13.7. The van der Waals surface area contributed by atoms with Gasteiger partial charge in [0.1, 0.15) is 12.4 Å². The van der Waals surface area contributed by atoms with Crippen molar-refractivity contribution in [2.45, 2.75) is 6.61 Å². The topological polar surface area (TPSA) is 74.5 Å². The molecule has 3 aromatic carbocycles. The van der Waals surface area contributed by atoms with Crippen LogP contribution in [-0.2, 0) is 6.61 Å². The molecule has 0 radical (unpaired) electrons. The van der Waals surface area contributed by atoms with Gasteiger partial charge in [-0.3, -0.25) is 4.79 Å². The van der Waals surface area contributed by atoms with E-state index in [1.54, 1.807) is 24.3 Å². The maximum atomic E-state index is 12.1. The van der Waals surface area contributed by atoms with E-state index in [-0.39, 0.29) is 5.91 Å². The summed E-state index contributed by atoms with van der Waals surface area (Å²) in [6.07, 6.45) is 1.53. The van der Waals surface area contributed by atoms with Crippen LogP contribution in [0.3, 0.4) is 0 Å². The van der Waals surface area contributed by atoms with Crippen molar-refractivity contribution >= 4 is 23.7 Å². The van der Waals surface area contributed by atoms with Gasteiger partial charge in [-0.15, -0.1) is 0 Å². The summed E-state index contributed by atoms with van der Waals surface area (Å²) in [7, 11) is 0. The molecule has 0 saturated carbocycles. The van der Waals surface area contributed by atoms with Gasteiger partial charge in [-0.1, -0.05) is 35.9 Å². The number of hydrazone groups is 1. The number of amides is 1. The summed E-state index contributed by atoms with van der Waals surface area (Å²) in [4.78, 5) is 12.1. The number of halogens is 1. The lowest BCUT2D eigenvalue weighted by Gasteiger charge is -2.09. The Morgan fingerprint density at radius 2 is 1.79 bits per heavy atom. The van der Waals surface area contributed by atoms with Gasteiger partial charge in [0.2, 0.25) is 0 Å². The Kier molecular flexibility index (Phi) is 6.40. The summed E-state index contributed by atoms with van der Waals surface area (Å²) >= 11 is 5.89. The van der Waals surface area contributed by atoms with Crippen LogP contribution < -0.4 is 10.2 Å². The Morgan fingerprint density at radius 1 is 1.07 bits per heavy atom. The smallest absolute Gasteiger partial charge is 0.271 e. The van der Waals surface area contributed by atoms with E-state index in [1.807, 2.05) is 54.6 Å². The largest absolute Gasteiger partial charge is 0.488 e. The van der Waals surface area contributed by atoms with Crippen molar-refractivity contribution < 1.29 is 9.53 Å². The number of ether oxygens (including phenoxy) is 1. The van der Waals surface area contributed by atoms with Gasteiger partial charge in [0.15, 0.2) is 0 Å². The van der Waals surface area contributed by atoms with Crippen molar-refractivity contribution in [1.29, 1.82) is 5.26 Å². The number of nitrogens with zero attached hydrogens (tertiary/aromatic N) is 2. The molecule has 0 saturated heterocycles. The summed E-state index contributed by atoms with van der Waals surface area (Å²) in [6, 6.07) is 23.1. The van der Waals surface area contributed by atoms with E-state index in [0.29, 0.717) is 28.5 Å². The fourth-order valence-electron chi connectivity index (χ4n) is 2.38. The van der Waals surface area contributed by atoms with Crippen LogP contribution in [-0.4, -0.2) is 12.1 Å². The van der Waals surface area contributed by atoms with Gasteiger partial charge in [-0.2, -0.15) is 10.4 Å². The first-order valence-corrected chi connectivity index (χ1v) is 8.83. The van der Waals surface area contributed by atoms with Crippen molar-refractivity contribution in [1.82, 2.24) is 5.43 Å². The molecular formula is C22H16ClN3O2. The lowest BCUT2D eigenvalue weighted by atomic mass is 10.1. The van der Waals surface area contributed by atoms with Gasteiger partial charge in [-0.05, 0) is 54.1 Å². The van der Waals surface area contributed by atoms with E-state index in [4.69, 9.17) is 21.6 Å². The molecule has 3 rings (SSSR count). The van der Waals surface area contributed by atoms with Crippen LogP contribution in [0.15, 0.2) is 77.9 Å². The van der Waals surface area contributed by atoms with E-state index >= 15 is 0 Å². The molecule has 138 valence electrons. The number of carbonyl (C=O) groups excluding carboxylic acids is 1. The Hall–Kier alpha value is -3.62. The van der Waals surface area contributed by atoms with E-state index in [9.17, 15) is 4.79 Å². The number of nitrogens with one attached hydrogen (secondary N) is 1. The molecular weight excluding hydrogens is 374 g/mol. The van der Waals surface area contributed by atoms with Gasteiger partial charge in [0, 0.05) is 16.1 Å². The van der Waals surface area contributed by atoms with E-state index < -0.39 is 0 Å². The van der Waals surface area contributed by atoms with Crippen molar-refractivity contribution in [3.63, 3.8) is 0 Å². The molecule has 0 spiro atoms. The molecule has 0 aliphatic carbocycles. The second-order valence-electron chi connectivity index (χ2n) is 5.84. The molecule has 0 heterocycles. The Labute approximate surface area is 167 Å². The third-order valence-electron chi connectivity index (χ3n) is 3.87. The second kappa shape index (κ2) is 9.36. The zero-order valence-electron chi connectivity index (χ0n) is 14.8. The molecule has 1 N–H and O–H groups in total. The number of benzene rings is 3. The minimum absolute atomic E-state index is 0.361. The average molecular weight is 390 g/mol. The van der Waals surface area contributed by atoms with Crippen LogP contribution in [0, 0.1) is 11.3 Å². The van der Waals surface area contributed by atoms with Crippen LogP contribution in [0.4, 0.5) is 0 Å². The molecule has 0 bridgehead atoms. The number of nitriles is 1. The van der Waals surface area contributed by atoms with Crippen molar-refractivity contribution in [3.05, 3.63) is 100 Å². The molecule has 0 aliphatic heterocycles. The number of carbonyl (C=O) groups is 1. The highest BCUT2D eigenvalue weighted by molar-refractivity contribution is 6.30. The van der Waals surface area contributed by atoms with Crippen LogP contribution in [0.5, 0.6) is 5.75 Å². The SMILES string of the molecule is N#Cc1ccc(C(=O)N/N=C\c2ccccc2OCc2ccc(Cl)cc2)cc1. The number of hydrogen-bond donors (Lipinski definition) is 1. The standard InChI is InChI=1S/C22H16ClN3O2/c23-20-11-7-17(8-12-20)15-28-21-4-2-1-3-19(21)14-25-26-22(27)18-9-5-16(13-24)6-10-18/h1-12,14H,15H2,(H,26,27)/b25-14-. The molecule has 1 amide bonds. The zero-order valence-corrected chi connectivity index (χ0v) is 15.6. The molecule has 0 fully saturated rings. The van der Waals surface area contributed by atoms with E-state index in [2.05, 4.69) is 10.5 Å². The molecule has 0 aromatic heterocycles. The highest BCUT2D eigenvalue weighted by Crippen LogP contribution is 2.18. The molecule has 0 aliphatic rings. The van der Waals surface area contributed by atoms with Gasteiger partial charge in [-0.25, -0.2) is 5.43 Å². The van der Waals surface area contributed by atoms with Crippen LogP contribution in [0.25, 0.3) is 0 Å². The lowest BCUT2D eigenvalue weighted by Crippen LogP contribution is -2.17. The monoisotopic (exact) mass is 389 g/mol. The maximum Gasteiger partial charge on any atom is 0.271 e. The average Bonchev–Trinajstić information content (AvgIpc) is 2.74. The molecule has 3 aromatic rings. The Balaban J connectivity index is 1.62. The fraction of sp³-hybridized carbons (Fsp3) is 0.0455. The molecule has 0 unspecified atom stereocenters. The van der Waals surface area contributed by atoms with Gasteiger partial charge < -0.3 is 4.74 Å². The zero-order chi connectivity index (χ0) is 19.8. The summed E-state index contributed by atoms with van der Waals surface area (Å²) in [5.74, 6) is 0.286. The fourth-order valence-corrected chi connectivity index (χ4v) is 2.51. The van der Waals surface area contributed by atoms with Crippen molar-refractivity contribution in [2.24, 2.45) is 5.10 Å². The minimum atomic E-state index is -0.361. The van der Waals surface area contributed by atoms with E-state index in [1.165, 1.54) is 6.21 Å². The number of rotatable bonds is 6. The quantitative estimate of drug-likeness (QED) is 0.496. The van der Waals surface area contributed by atoms with E-state index in [0.717, 1.165) is 11.1 Å². The second-order valence-corrected chi connectivity index (χ2v) is 6.28. The lowest BCUT2D eigenvalue weighted by molar-refractivity contribution is 0.0955. The van der Waals surface area contributed by atoms with Crippen molar-refractivity contribution in [3.8, 4) is 11.8 Å². The third-order valence-corrected chi connectivity index (χ3v) is 4.12. The van der Waals surface area contributed by atoms with Gasteiger partial charge in [0.25, 0.3) is 5.91 Å². The number of para-hydroxylation sites is 1. The highest BCUT2D eigenvalue weighted by Gasteiger charge is 2.05. The first-order valence-electron chi connectivity index (χ1n) is 8.45. The summed E-state index contributed by atoms with van der Waals surface area (Å²) < 4.78 is 5.85. The Morgan fingerprint density at radius 3 is 2.50 bits per heavy atom. The van der Waals surface area contributed by atoms with Gasteiger partial charge in [0.05, 0.1) is 17.8 Å². The van der Waals surface area contributed by atoms with Crippen LogP contribution in [0.1, 0.15) is 27.0 Å².